The van der Waals surface area contributed by atoms with Crippen LogP contribution < -0.4 is 15.5 Å². The van der Waals surface area contributed by atoms with Gasteiger partial charge in [-0.3, -0.25) is 9.69 Å². The highest BCUT2D eigenvalue weighted by atomic mass is 16.5. The fourth-order valence-electron chi connectivity index (χ4n) is 3.64. The Hall–Kier alpha value is -2.45. The molecule has 1 saturated heterocycles. The lowest BCUT2D eigenvalue weighted by Gasteiger charge is -2.26. The summed E-state index contributed by atoms with van der Waals surface area (Å²) >= 11 is 0. The Bertz CT molecular complexity index is 1030. The maximum Gasteiger partial charge on any atom is 0.200 e. The van der Waals surface area contributed by atoms with Crippen molar-refractivity contribution in [3.8, 4) is 5.75 Å². The van der Waals surface area contributed by atoms with Gasteiger partial charge >= 0.3 is 0 Å². The number of fused-ring (bicyclic) bond motifs is 2. The standard InChI is InChI=1S/C23H28N2O5/c26-17(15-24-8-3-9-25-10-12-28-13-11-25)16-29-18-6-7-22-20(14-18)23(27)19-4-1-2-5-21(19)30-22/h1-2,4-7,14,17,24,26H,3,8-13,15-16H2. The van der Waals surface area contributed by atoms with E-state index < -0.39 is 6.10 Å². The summed E-state index contributed by atoms with van der Waals surface area (Å²) in [6, 6.07) is 12.4. The van der Waals surface area contributed by atoms with Gasteiger partial charge < -0.3 is 24.3 Å². The van der Waals surface area contributed by atoms with Crippen molar-refractivity contribution in [1.82, 2.24) is 10.2 Å². The summed E-state index contributed by atoms with van der Waals surface area (Å²) in [5, 5.41) is 14.5. The Labute approximate surface area is 175 Å². The number of nitrogens with zero attached hydrogens (tertiary/aromatic N) is 1. The molecule has 3 aromatic rings. The van der Waals surface area contributed by atoms with Crippen molar-refractivity contribution < 1.29 is 19.0 Å². The minimum atomic E-state index is -0.628. The molecule has 0 spiro atoms. The molecule has 2 heterocycles. The van der Waals surface area contributed by atoms with Crippen molar-refractivity contribution >= 4 is 21.9 Å². The molecule has 4 rings (SSSR count). The van der Waals surface area contributed by atoms with E-state index in [-0.39, 0.29) is 12.0 Å². The van der Waals surface area contributed by atoms with Crippen LogP contribution in [0.3, 0.4) is 0 Å². The smallest absolute Gasteiger partial charge is 0.200 e. The van der Waals surface area contributed by atoms with Gasteiger partial charge in [-0.2, -0.15) is 0 Å². The van der Waals surface area contributed by atoms with Crippen molar-refractivity contribution in [2.45, 2.75) is 12.5 Å². The summed E-state index contributed by atoms with van der Waals surface area (Å²) in [5.74, 6) is 0.538. The van der Waals surface area contributed by atoms with Gasteiger partial charge in [-0.15, -0.1) is 0 Å². The number of para-hydroxylation sites is 1. The number of benzene rings is 2. The van der Waals surface area contributed by atoms with Crippen molar-refractivity contribution in [3.05, 3.63) is 52.7 Å². The molecule has 0 radical (unpaired) electrons. The molecule has 160 valence electrons. The summed E-state index contributed by atoms with van der Waals surface area (Å²) in [6.07, 6.45) is 0.402. The molecule has 0 aliphatic carbocycles. The van der Waals surface area contributed by atoms with Gasteiger partial charge in [0, 0.05) is 19.6 Å². The lowest BCUT2D eigenvalue weighted by molar-refractivity contribution is 0.0373. The lowest BCUT2D eigenvalue weighted by Crippen LogP contribution is -2.38. The van der Waals surface area contributed by atoms with Crippen molar-refractivity contribution in [2.75, 3.05) is 52.5 Å². The number of hydrogen-bond acceptors (Lipinski definition) is 7. The van der Waals surface area contributed by atoms with Crippen LogP contribution in [0.2, 0.25) is 0 Å². The predicted octanol–water partition coefficient (Wildman–Crippen LogP) is 2.00. The molecule has 0 amide bonds. The van der Waals surface area contributed by atoms with E-state index in [1.54, 1.807) is 30.3 Å². The molecular weight excluding hydrogens is 384 g/mol. The zero-order valence-corrected chi connectivity index (χ0v) is 17.0. The van der Waals surface area contributed by atoms with Gasteiger partial charge in [-0.05, 0) is 49.8 Å². The zero-order valence-electron chi connectivity index (χ0n) is 17.0. The summed E-state index contributed by atoms with van der Waals surface area (Å²) < 4.78 is 16.8. The Morgan fingerprint density at radius 2 is 1.90 bits per heavy atom. The number of rotatable bonds is 9. The third-order valence-corrected chi connectivity index (χ3v) is 5.30. The SMILES string of the molecule is O=c1c2ccccc2oc2ccc(OCC(O)CNCCCN3CCOCC3)cc12. The predicted molar refractivity (Wildman–Crippen MR) is 116 cm³/mol. The second kappa shape index (κ2) is 10.0. The van der Waals surface area contributed by atoms with E-state index in [9.17, 15) is 9.90 Å². The summed E-state index contributed by atoms with van der Waals surface area (Å²) in [4.78, 5) is 15.1. The second-order valence-corrected chi connectivity index (χ2v) is 7.56. The average Bonchev–Trinajstić information content (AvgIpc) is 2.78. The fourth-order valence-corrected chi connectivity index (χ4v) is 3.64. The highest BCUT2D eigenvalue weighted by Crippen LogP contribution is 2.22. The maximum atomic E-state index is 12.7. The van der Waals surface area contributed by atoms with Gasteiger partial charge in [0.25, 0.3) is 0 Å². The van der Waals surface area contributed by atoms with Crippen LogP contribution in [0.5, 0.6) is 5.75 Å². The first-order chi connectivity index (χ1) is 14.7. The van der Waals surface area contributed by atoms with Crippen LogP contribution in [0.25, 0.3) is 21.9 Å². The maximum absolute atomic E-state index is 12.7. The Balaban J connectivity index is 1.25. The normalized spacial score (nSPS) is 16.2. The summed E-state index contributed by atoms with van der Waals surface area (Å²) in [6.45, 7) is 6.12. The second-order valence-electron chi connectivity index (χ2n) is 7.56. The Morgan fingerprint density at radius 3 is 2.77 bits per heavy atom. The zero-order chi connectivity index (χ0) is 20.8. The molecule has 1 unspecified atom stereocenters. The van der Waals surface area contributed by atoms with Gasteiger partial charge in [0.1, 0.15) is 29.6 Å². The van der Waals surface area contributed by atoms with Crippen LogP contribution in [-0.4, -0.2) is 68.7 Å². The monoisotopic (exact) mass is 412 g/mol. The van der Waals surface area contributed by atoms with E-state index in [1.165, 1.54) is 0 Å². The number of aliphatic hydroxyl groups excluding tert-OH is 1. The molecule has 30 heavy (non-hydrogen) atoms. The van der Waals surface area contributed by atoms with Gasteiger partial charge in [0.2, 0.25) is 5.43 Å². The third kappa shape index (κ3) is 5.17. The number of aliphatic hydroxyl groups is 1. The molecule has 1 aromatic heterocycles. The molecule has 1 fully saturated rings. The van der Waals surface area contributed by atoms with E-state index >= 15 is 0 Å². The molecule has 0 saturated carbocycles. The first-order valence-corrected chi connectivity index (χ1v) is 10.5. The fraction of sp³-hybridized carbons (Fsp3) is 0.435. The Kier molecular flexibility index (Phi) is 6.96. The molecule has 2 N–H and O–H groups in total. The molecule has 7 heteroatoms. The summed E-state index contributed by atoms with van der Waals surface area (Å²) in [5.41, 5.74) is 1.01. The topological polar surface area (TPSA) is 84.2 Å². The first-order valence-electron chi connectivity index (χ1n) is 10.5. The van der Waals surface area contributed by atoms with Gasteiger partial charge in [0.15, 0.2) is 0 Å². The minimum Gasteiger partial charge on any atom is -0.491 e. The van der Waals surface area contributed by atoms with E-state index in [4.69, 9.17) is 13.9 Å². The van der Waals surface area contributed by atoms with E-state index in [0.717, 1.165) is 45.8 Å². The van der Waals surface area contributed by atoms with E-state index in [1.807, 2.05) is 12.1 Å². The van der Waals surface area contributed by atoms with Crippen LogP contribution in [0, 0.1) is 0 Å². The van der Waals surface area contributed by atoms with Crippen LogP contribution in [0.15, 0.2) is 51.7 Å². The van der Waals surface area contributed by atoms with Gasteiger partial charge in [-0.25, -0.2) is 0 Å². The highest BCUT2D eigenvalue weighted by Gasteiger charge is 2.11. The summed E-state index contributed by atoms with van der Waals surface area (Å²) in [7, 11) is 0. The van der Waals surface area contributed by atoms with Crippen molar-refractivity contribution in [1.29, 1.82) is 0 Å². The van der Waals surface area contributed by atoms with Crippen LogP contribution in [0.1, 0.15) is 6.42 Å². The van der Waals surface area contributed by atoms with Gasteiger partial charge in [-0.1, -0.05) is 12.1 Å². The average molecular weight is 412 g/mol. The lowest BCUT2D eigenvalue weighted by atomic mass is 10.1. The largest absolute Gasteiger partial charge is 0.491 e. The van der Waals surface area contributed by atoms with Crippen LogP contribution in [0.4, 0.5) is 0 Å². The van der Waals surface area contributed by atoms with Crippen molar-refractivity contribution in [3.63, 3.8) is 0 Å². The van der Waals surface area contributed by atoms with Crippen LogP contribution in [-0.2, 0) is 4.74 Å². The van der Waals surface area contributed by atoms with Crippen LogP contribution >= 0.6 is 0 Å². The molecule has 1 aliphatic rings. The van der Waals surface area contributed by atoms with E-state index in [2.05, 4.69) is 10.2 Å². The molecular formula is C23H28N2O5. The quantitative estimate of drug-likeness (QED) is 0.411. The molecule has 7 nitrogen and oxygen atoms in total. The number of ether oxygens (including phenoxy) is 2. The third-order valence-electron chi connectivity index (χ3n) is 5.30. The minimum absolute atomic E-state index is 0.0835. The van der Waals surface area contributed by atoms with E-state index in [0.29, 0.717) is 34.2 Å². The number of nitrogens with one attached hydrogen (secondary N) is 1. The Morgan fingerprint density at radius 1 is 1.10 bits per heavy atom. The van der Waals surface area contributed by atoms with Crippen molar-refractivity contribution in [2.24, 2.45) is 0 Å². The highest BCUT2D eigenvalue weighted by molar-refractivity contribution is 5.90. The number of morpholine rings is 1. The number of hydrogen-bond donors (Lipinski definition) is 2. The molecule has 0 bridgehead atoms. The van der Waals surface area contributed by atoms with Gasteiger partial charge in [0.05, 0.1) is 24.0 Å². The molecule has 2 aromatic carbocycles. The molecule has 1 atom stereocenters. The first kappa shape index (κ1) is 20.8. The molecule has 1 aliphatic heterocycles.